The molecule has 1 aromatic carbocycles. The second-order valence-electron chi connectivity index (χ2n) is 2.91. The zero-order valence-corrected chi connectivity index (χ0v) is 8.86. The average Bonchev–Trinajstić information content (AvgIpc) is 2.16. The van der Waals surface area contributed by atoms with E-state index < -0.39 is 10.1 Å². The molecule has 0 atom stereocenters. The second-order valence-corrected chi connectivity index (χ2v) is 5.47. The first-order valence-corrected chi connectivity index (χ1v) is 6.48. The average molecular weight is 231 g/mol. The molecular weight excluding hydrogens is 222 g/mol. The van der Waals surface area contributed by atoms with Gasteiger partial charge in [0.05, 0.1) is 4.90 Å². The molecule has 0 bridgehead atoms. The molecule has 0 amide bonds. The fourth-order valence-corrected chi connectivity index (χ4v) is 2.79. The molecule has 14 heavy (non-hydrogen) atoms. The van der Waals surface area contributed by atoms with Gasteiger partial charge in [0.1, 0.15) is 0 Å². The van der Waals surface area contributed by atoms with Crippen LogP contribution in [0.2, 0.25) is 0 Å². The first-order valence-electron chi connectivity index (χ1n) is 4.05. The minimum atomic E-state index is -4.08. The lowest BCUT2D eigenvalue weighted by Crippen LogP contribution is -2.10. The quantitative estimate of drug-likeness (QED) is 0.716. The van der Waals surface area contributed by atoms with E-state index in [0.717, 1.165) is 22.9 Å². The molecule has 0 radical (unpaired) electrons. The summed E-state index contributed by atoms with van der Waals surface area (Å²) < 4.78 is 30.5. The Morgan fingerprint density at radius 3 is 2.93 bits per heavy atom. The lowest BCUT2D eigenvalue weighted by Gasteiger charge is -2.17. The molecule has 2 rings (SSSR count). The van der Waals surface area contributed by atoms with Gasteiger partial charge in [0, 0.05) is 22.9 Å². The number of hydrogen-bond donors (Lipinski definition) is 2. The van der Waals surface area contributed by atoms with E-state index in [1.54, 1.807) is 17.8 Å². The zero-order chi connectivity index (χ0) is 10.2. The number of nitrogens with one attached hydrogen (secondary N) is 1. The topological polar surface area (TPSA) is 66.4 Å². The standard InChI is InChI=1S/C8H9NO3S2/c10-14(11,12)6-1-2-7-8(5-6)13-4-3-9-7/h1-2,5,9H,3-4H2,(H,10,11,12). The predicted molar refractivity (Wildman–Crippen MR) is 55.5 cm³/mol. The van der Waals surface area contributed by atoms with E-state index in [9.17, 15) is 8.42 Å². The van der Waals surface area contributed by atoms with E-state index in [4.69, 9.17) is 4.55 Å². The van der Waals surface area contributed by atoms with Gasteiger partial charge in [-0.05, 0) is 18.2 Å². The molecule has 1 aliphatic heterocycles. The Balaban J connectivity index is 2.49. The van der Waals surface area contributed by atoms with Crippen LogP contribution in [-0.4, -0.2) is 25.3 Å². The lowest BCUT2D eigenvalue weighted by molar-refractivity contribution is 0.483. The van der Waals surface area contributed by atoms with Crippen LogP contribution in [0.15, 0.2) is 28.0 Å². The number of anilines is 1. The van der Waals surface area contributed by atoms with Crippen molar-refractivity contribution < 1.29 is 13.0 Å². The Hall–Kier alpha value is -0.720. The Kier molecular flexibility index (Phi) is 2.42. The first-order chi connectivity index (χ1) is 6.57. The van der Waals surface area contributed by atoms with Crippen molar-refractivity contribution in [2.75, 3.05) is 17.6 Å². The van der Waals surface area contributed by atoms with Crippen LogP contribution in [0.25, 0.3) is 0 Å². The van der Waals surface area contributed by atoms with E-state index in [-0.39, 0.29) is 4.90 Å². The fourth-order valence-electron chi connectivity index (χ4n) is 1.28. The van der Waals surface area contributed by atoms with E-state index in [1.165, 1.54) is 12.1 Å². The van der Waals surface area contributed by atoms with Crippen LogP contribution in [0.4, 0.5) is 5.69 Å². The smallest absolute Gasteiger partial charge is 0.294 e. The maximum absolute atomic E-state index is 10.8. The zero-order valence-electron chi connectivity index (χ0n) is 7.23. The summed E-state index contributed by atoms with van der Waals surface area (Å²) in [5.74, 6) is 0.905. The van der Waals surface area contributed by atoms with E-state index >= 15 is 0 Å². The van der Waals surface area contributed by atoms with Crippen molar-refractivity contribution in [3.05, 3.63) is 18.2 Å². The Bertz CT molecular complexity index is 456. The monoisotopic (exact) mass is 231 g/mol. The number of benzene rings is 1. The minimum absolute atomic E-state index is 0.0487. The van der Waals surface area contributed by atoms with Gasteiger partial charge in [0.2, 0.25) is 0 Å². The molecule has 0 unspecified atom stereocenters. The summed E-state index contributed by atoms with van der Waals surface area (Å²) in [5, 5.41) is 3.14. The van der Waals surface area contributed by atoms with Gasteiger partial charge in [-0.2, -0.15) is 8.42 Å². The van der Waals surface area contributed by atoms with Gasteiger partial charge in [-0.1, -0.05) is 0 Å². The third-order valence-corrected chi connectivity index (χ3v) is 3.83. The van der Waals surface area contributed by atoms with Crippen molar-refractivity contribution >= 4 is 27.6 Å². The van der Waals surface area contributed by atoms with Crippen molar-refractivity contribution in [1.82, 2.24) is 0 Å². The van der Waals surface area contributed by atoms with Crippen LogP contribution in [0.3, 0.4) is 0 Å². The van der Waals surface area contributed by atoms with Gasteiger partial charge in [-0.25, -0.2) is 0 Å². The van der Waals surface area contributed by atoms with Gasteiger partial charge in [0.15, 0.2) is 0 Å². The Labute approximate surface area is 86.5 Å². The molecule has 0 saturated carbocycles. The normalized spacial score (nSPS) is 15.8. The highest BCUT2D eigenvalue weighted by atomic mass is 32.2. The summed E-state index contributed by atoms with van der Waals surface area (Å²) >= 11 is 1.58. The molecule has 0 aromatic heterocycles. The van der Waals surface area contributed by atoms with E-state index in [2.05, 4.69) is 5.32 Å². The Morgan fingerprint density at radius 2 is 2.21 bits per heavy atom. The van der Waals surface area contributed by atoms with Crippen molar-refractivity contribution in [3.63, 3.8) is 0 Å². The minimum Gasteiger partial charge on any atom is -0.383 e. The highest BCUT2D eigenvalue weighted by Gasteiger charge is 2.14. The SMILES string of the molecule is O=S(=O)(O)c1ccc2c(c1)SCCN2. The molecule has 0 spiro atoms. The third-order valence-electron chi connectivity index (χ3n) is 1.93. The summed E-state index contributed by atoms with van der Waals surface area (Å²) in [6.07, 6.45) is 0. The highest BCUT2D eigenvalue weighted by molar-refractivity contribution is 7.99. The van der Waals surface area contributed by atoms with Crippen molar-refractivity contribution in [2.45, 2.75) is 9.79 Å². The molecule has 1 heterocycles. The van der Waals surface area contributed by atoms with Crippen LogP contribution in [0.5, 0.6) is 0 Å². The van der Waals surface area contributed by atoms with Gasteiger partial charge in [-0.15, -0.1) is 11.8 Å². The highest BCUT2D eigenvalue weighted by Crippen LogP contribution is 2.32. The van der Waals surface area contributed by atoms with Gasteiger partial charge < -0.3 is 5.32 Å². The number of rotatable bonds is 1. The van der Waals surface area contributed by atoms with E-state index in [1.807, 2.05) is 0 Å². The van der Waals surface area contributed by atoms with Gasteiger partial charge in [-0.3, -0.25) is 4.55 Å². The summed E-state index contributed by atoms with van der Waals surface area (Å²) in [6.45, 7) is 0.878. The van der Waals surface area contributed by atoms with Crippen molar-refractivity contribution in [1.29, 1.82) is 0 Å². The molecule has 76 valence electrons. The number of thioether (sulfide) groups is 1. The molecule has 4 nitrogen and oxygen atoms in total. The largest absolute Gasteiger partial charge is 0.383 e. The first kappa shape index (κ1) is 9.82. The van der Waals surface area contributed by atoms with Crippen LogP contribution < -0.4 is 5.32 Å². The summed E-state index contributed by atoms with van der Waals surface area (Å²) in [5.41, 5.74) is 0.925. The summed E-state index contributed by atoms with van der Waals surface area (Å²) in [6, 6.07) is 4.55. The van der Waals surface area contributed by atoms with Crippen molar-refractivity contribution in [3.8, 4) is 0 Å². The maximum atomic E-state index is 10.8. The van der Waals surface area contributed by atoms with E-state index in [0.29, 0.717) is 0 Å². The summed E-state index contributed by atoms with van der Waals surface area (Å²) in [7, 11) is -4.08. The molecule has 0 fully saturated rings. The molecule has 1 aromatic rings. The van der Waals surface area contributed by atoms with Crippen LogP contribution >= 0.6 is 11.8 Å². The molecule has 1 aliphatic rings. The molecular formula is C8H9NO3S2. The lowest BCUT2D eigenvalue weighted by atomic mass is 10.3. The van der Waals surface area contributed by atoms with Crippen LogP contribution in [-0.2, 0) is 10.1 Å². The fraction of sp³-hybridized carbons (Fsp3) is 0.250. The van der Waals surface area contributed by atoms with Gasteiger partial charge in [0.25, 0.3) is 10.1 Å². The number of hydrogen-bond acceptors (Lipinski definition) is 4. The van der Waals surface area contributed by atoms with Crippen molar-refractivity contribution in [2.24, 2.45) is 0 Å². The Morgan fingerprint density at radius 1 is 1.43 bits per heavy atom. The van der Waals surface area contributed by atoms with Crippen LogP contribution in [0.1, 0.15) is 0 Å². The molecule has 0 aliphatic carbocycles. The molecule has 0 saturated heterocycles. The second kappa shape index (κ2) is 3.45. The summed E-state index contributed by atoms with van der Waals surface area (Å²) in [4.78, 5) is 0.818. The molecule has 6 heteroatoms. The number of fused-ring (bicyclic) bond motifs is 1. The predicted octanol–water partition coefficient (Wildman–Crippen LogP) is 1.45. The third kappa shape index (κ3) is 1.87. The van der Waals surface area contributed by atoms with Crippen LogP contribution in [0, 0.1) is 0 Å². The van der Waals surface area contributed by atoms with Gasteiger partial charge >= 0.3 is 0 Å². The molecule has 2 N–H and O–H groups in total. The maximum Gasteiger partial charge on any atom is 0.294 e.